The van der Waals surface area contributed by atoms with E-state index in [1.807, 2.05) is 91.6 Å². The van der Waals surface area contributed by atoms with Crippen LogP contribution in [0, 0.1) is 11.8 Å². The Bertz CT molecular complexity index is 3490. The van der Waals surface area contributed by atoms with Gasteiger partial charge in [-0.3, -0.25) is 39.3 Å². The maximum atomic E-state index is 14.2. The van der Waals surface area contributed by atoms with Gasteiger partial charge in [0.1, 0.15) is 19.0 Å². The molecule has 21 nitrogen and oxygen atoms in total. The molecule has 2 aliphatic rings. The SMILES string of the molecule is CN(Cc1cncs1)C(=O)N[C@@H](CCN1CCOCC1)C(=O)C[C@H](CC[C@H](Cc1ccccc1)NC(=O)OCc1cncs1)Cc1ccccc1.CNCc1cncs1.I.N[C@@H](CCN1CCOCC1)C(=O)C[C@H](CC[C@H](Cc1ccccc1)NC(=O)OCc1cncs1)Cc1ccccc1. The van der Waals surface area contributed by atoms with E-state index in [1.165, 1.54) is 44.5 Å². The van der Waals surface area contributed by atoms with Crippen LogP contribution in [0.4, 0.5) is 14.4 Å². The summed E-state index contributed by atoms with van der Waals surface area (Å²) in [6.07, 6.45) is 13.7. The number of amides is 4. The molecule has 0 radical (unpaired) electrons. The van der Waals surface area contributed by atoms with Crippen molar-refractivity contribution in [1.82, 2.24) is 55.9 Å². The molecule has 2 fully saturated rings. The summed E-state index contributed by atoms with van der Waals surface area (Å²) in [5.74, 6) is 0.231. The number of aromatic nitrogens is 4. The predicted molar refractivity (Wildman–Crippen MR) is 412 cm³/mol. The fourth-order valence-corrected chi connectivity index (χ4v) is 14.2. The third kappa shape index (κ3) is 32.5. The first-order valence-electron chi connectivity index (χ1n) is 34.5. The van der Waals surface area contributed by atoms with E-state index in [9.17, 15) is 24.0 Å². The maximum absolute atomic E-state index is 14.2. The van der Waals surface area contributed by atoms with Gasteiger partial charge in [-0.2, -0.15) is 0 Å². The van der Waals surface area contributed by atoms with E-state index in [2.05, 4.69) is 99.5 Å². The maximum Gasteiger partial charge on any atom is 0.407 e. The van der Waals surface area contributed by atoms with Crippen LogP contribution in [0.25, 0.3) is 0 Å². The number of thiazole rings is 4. The van der Waals surface area contributed by atoms with Crippen molar-refractivity contribution in [3.8, 4) is 0 Å². The Morgan fingerprint density at radius 2 is 0.891 bits per heavy atom. The first-order valence-corrected chi connectivity index (χ1v) is 38.0. The fourth-order valence-electron chi connectivity index (χ4n) is 11.9. The van der Waals surface area contributed by atoms with Crippen LogP contribution in [0.2, 0.25) is 0 Å². The molecule has 2 saturated heterocycles. The number of urea groups is 1. The van der Waals surface area contributed by atoms with E-state index in [0.29, 0.717) is 84.1 Å². The molecule has 26 heteroatoms. The van der Waals surface area contributed by atoms with Crippen LogP contribution in [-0.4, -0.2) is 168 Å². The summed E-state index contributed by atoms with van der Waals surface area (Å²) < 4.78 is 21.9. The number of rotatable bonds is 37. The van der Waals surface area contributed by atoms with Gasteiger partial charge in [-0.25, -0.2) is 14.4 Å². The molecule has 8 aromatic rings. The lowest BCUT2D eigenvalue weighted by atomic mass is 9.86. The van der Waals surface area contributed by atoms with Gasteiger partial charge in [0.2, 0.25) is 0 Å². The van der Waals surface area contributed by atoms with Gasteiger partial charge >= 0.3 is 18.2 Å². The zero-order valence-electron chi connectivity index (χ0n) is 57.9. The van der Waals surface area contributed by atoms with Gasteiger partial charge in [0.25, 0.3) is 0 Å². The molecule has 0 spiro atoms. The number of morpholine rings is 2. The summed E-state index contributed by atoms with van der Waals surface area (Å²) in [4.78, 5) is 92.9. The second-order valence-corrected chi connectivity index (χ2v) is 29.1. The van der Waals surface area contributed by atoms with E-state index >= 15 is 0 Å². The largest absolute Gasteiger partial charge is 0.444 e. The number of ether oxygens (including phenoxy) is 4. The Labute approximate surface area is 628 Å². The Morgan fingerprint density at radius 3 is 1.30 bits per heavy atom. The van der Waals surface area contributed by atoms with E-state index in [-0.39, 0.29) is 78.7 Å². The summed E-state index contributed by atoms with van der Waals surface area (Å²) in [6, 6.07) is 38.9. The molecule has 6 heterocycles. The number of nitrogens with zero attached hydrogens (tertiary/aromatic N) is 7. The number of carbonyl (C=O) groups excluding carboxylic acids is 5. The normalized spacial score (nSPS) is 14.8. The van der Waals surface area contributed by atoms with Crippen LogP contribution < -0.4 is 27.0 Å². The number of hydrogen-bond donors (Lipinski definition) is 5. The summed E-state index contributed by atoms with van der Waals surface area (Å²) in [7, 11) is 3.67. The van der Waals surface area contributed by atoms with Crippen LogP contribution in [0.15, 0.2) is 168 Å². The van der Waals surface area contributed by atoms with E-state index in [4.69, 9.17) is 24.7 Å². The second kappa shape index (κ2) is 47.3. The Balaban J connectivity index is 0.000000257. The first-order chi connectivity index (χ1) is 48.9. The third-order valence-corrected chi connectivity index (χ3v) is 20.4. The molecule has 2 aliphatic heterocycles. The molecule has 4 amide bonds. The van der Waals surface area contributed by atoms with Gasteiger partial charge in [0, 0.05) is 112 Å². The number of nitrogens with one attached hydrogen (secondary N) is 4. The average Bonchev–Trinajstić information content (AvgIpc) is 1.78. The lowest BCUT2D eigenvalue weighted by molar-refractivity contribution is -0.122. The molecule has 0 saturated carbocycles. The minimum Gasteiger partial charge on any atom is -0.444 e. The van der Waals surface area contributed by atoms with Crippen LogP contribution in [0.3, 0.4) is 0 Å². The van der Waals surface area contributed by atoms with Gasteiger partial charge in [-0.05, 0) is 105 Å². The summed E-state index contributed by atoms with van der Waals surface area (Å²) >= 11 is 6.06. The lowest BCUT2D eigenvalue weighted by Crippen LogP contribution is -2.48. The molecule has 4 aromatic heterocycles. The highest BCUT2D eigenvalue weighted by Crippen LogP contribution is 2.25. The summed E-state index contributed by atoms with van der Waals surface area (Å²) in [5.41, 5.74) is 18.0. The van der Waals surface area contributed by atoms with Crippen molar-refractivity contribution in [1.29, 1.82) is 0 Å². The van der Waals surface area contributed by atoms with Crippen molar-refractivity contribution in [3.63, 3.8) is 0 Å². The monoisotopic (exact) mass is 1570 g/mol. The van der Waals surface area contributed by atoms with Gasteiger partial charge < -0.3 is 50.8 Å². The number of alkyl carbamates (subject to hydrolysis) is 2. The average molecular weight is 1570 g/mol. The van der Waals surface area contributed by atoms with E-state index in [0.717, 1.165) is 103 Å². The summed E-state index contributed by atoms with van der Waals surface area (Å²) in [6.45, 7) is 9.40. The number of benzene rings is 4. The predicted octanol–water partition coefficient (Wildman–Crippen LogP) is 12.1. The van der Waals surface area contributed by atoms with Crippen molar-refractivity contribution >= 4 is 99.1 Å². The molecule has 544 valence electrons. The van der Waals surface area contributed by atoms with Gasteiger partial charge in [-0.15, -0.1) is 69.3 Å². The Hall–Kier alpha value is -6.96. The van der Waals surface area contributed by atoms with Crippen LogP contribution in [0.1, 0.15) is 93.1 Å². The number of nitrogens with two attached hydrogens (primary N) is 1. The third-order valence-electron chi connectivity index (χ3n) is 17.4. The highest BCUT2D eigenvalue weighted by molar-refractivity contribution is 14.0. The minimum absolute atomic E-state index is 0. The zero-order valence-corrected chi connectivity index (χ0v) is 63.5. The van der Waals surface area contributed by atoms with Crippen molar-refractivity contribution in [2.45, 2.75) is 128 Å². The van der Waals surface area contributed by atoms with Gasteiger partial charge in [0.15, 0.2) is 5.78 Å². The van der Waals surface area contributed by atoms with E-state index in [1.54, 1.807) is 58.4 Å². The van der Waals surface area contributed by atoms with Crippen molar-refractivity contribution in [2.24, 2.45) is 17.6 Å². The standard InChI is InChI=1S/C38H48N6O5S2.C32H42N4O4S.C5H8N2S.HI/c1-43(25-33-23-39-27-50-33)37(46)42-35(14-15-44-16-18-48-19-17-44)36(45)22-31(20-29-8-4-2-5-9-29)12-13-32(21-30-10-6-3-7-11-30)41-38(47)49-26-34-24-40-28-51-34;33-30(13-14-36-15-17-39-18-16-36)31(37)21-27(19-25-7-3-1-4-8-25)11-12-28(20-26-9-5-2-6-10-26)35-32(38)40-23-29-22-34-24-41-29;1-6-2-5-3-7-4-8-5;/h2-11,23-24,27-28,31-32,35H,12-22,25-26H2,1H3,(H,41,47)(H,42,46);1-10,22,24,27-28,30H,11-21,23,33H2,(H,35,38);3-4,6H,2H2,1H3;1H/t31-,32-,35+;27-,28-,30+;;/m11../s1. The highest BCUT2D eigenvalue weighted by Gasteiger charge is 2.29. The number of carbonyl (C=O) groups is 5. The Morgan fingerprint density at radius 1 is 0.505 bits per heavy atom. The molecular formula is C75H99IN12O9S4. The van der Waals surface area contributed by atoms with Crippen molar-refractivity contribution in [2.75, 3.05) is 79.8 Å². The Kier molecular flexibility index (Phi) is 38.1. The molecule has 6 N–H and O–H groups in total. The van der Waals surface area contributed by atoms with Crippen molar-refractivity contribution < 1.29 is 42.9 Å². The zero-order chi connectivity index (χ0) is 70.2. The molecule has 0 aliphatic carbocycles. The molecular weight excluding hydrogens is 1470 g/mol. The number of halogens is 1. The molecule has 0 bridgehead atoms. The lowest BCUT2D eigenvalue weighted by Gasteiger charge is -2.29. The number of hydrogen-bond acceptors (Lipinski definition) is 21. The van der Waals surface area contributed by atoms with Crippen molar-refractivity contribution in [3.05, 3.63) is 210 Å². The van der Waals surface area contributed by atoms with Gasteiger partial charge in [-0.1, -0.05) is 121 Å². The minimum atomic E-state index is -0.637. The van der Waals surface area contributed by atoms with Gasteiger partial charge in [0.05, 0.1) is 76.9 Å². The smallest absolute Gasteiger partial charge is 0.407 e. The first kappa shape index (κ1) is 81.3. The number of Topliss-reactive ketones (excluding diaryl/α,β-unsaturated/α-hetero) is 2. The van der Waals surface area contributed by atoms with E-state index < -0.39 is 24.3 Å². The highest BCUT2D eigenvalue weighted by atomic mass is 127. The quantitative estimate of drug-likeness (QED) is 0.0227. The molecule has 101 heavy (non-hydrogen) atoms. The fraction of sp³-hybridized carbons (Fsp3) is 0.453. The topological polar surface area (TPSA) is 258 Å². The second-order valence-electron chi connectivity index (χ2n) is 25.2. The van der Waals surface area contributed by atoms with Crippen LogP contribution >= 0.6 is 69.3 Å². The molecule has 0 unspecified atom stereocenters. The van der Waals surface area contributed by atoms with Crippen LogP contribution in [0.5, 0.6) is 0 Å². The molecule has 4 aromatic carbocycles. The molecule has 10 rings (SSSR count). The molecule has 6 atom stereocenters. The van der Waals surface area contributed by atoms with Crippen LogP contribution in [-0.2, 0) is 80.5 Å². The number of ketones is 2. The summed E-state index contributed by atoms with van der Waals surface area (Å²) in [5, 5.41) is 12.3.